The maximum Gasteiger partial charge on any atom is 0.308 e. The van der Waals surface area contributed by atoms with Crippen molar-refractivity contribution in [1.82, 2.24) is 0 Å². The average molecular weight is 204 g/mol. The van der Waals surface area contributed by atoms with Gasteiger partial charge in [-0.15, -0.1) is 0 Å². The molecule has 0 saturated carbocycles. The van der Waals surface area contributed by atoms with Crippen molar-refractivity contribution in [2.45, 2.75) is 38.9 Å². The first-order chi connectivity index (χ1) is 6.41. The summed E-state index contributed by atoms with van der Waals surface area (Å²) in [5.41, 5.74) is 0. The second kappa shape index (κ2) is 6.79. The predicted molar refractivity (Wildman–Crippen MR) is 54.1 cm³/mol. The van der Waals surface area contributed by atoms with Crippen LogP contribution in [-0.4, -0.2) is 43.9 Å². The van der Waals surface area contributed by atoms with E-state index < -0.39 is 6.10 Å². The molecule has 0 aliphatic rings. The predicted octanol–water partition coefficient (Wildman–Crippen LogP) is -0.776. The number of hydrogen-bond acceptors (Lipinski definition) is 3. The van der Waals surface area contributed by atoms with Crippen molar-refractivity contribution in [3.63, 3.8) is 0 Å². The summed E-state index contributed by atoms with van der Waals surface area (Å²) in [5, 5.41) is 9.47. The topological polar surface area (TPSA) is 51.0 Å². The van der Waals surface area contributed by atoms with E-state index in [0.29, 0.717) is 6.42 Å². The van der Waals surface area contributed by atoms with Crippen LogP contribution in [0, 0.1) is 0 Å². The molecule has 0 aliphatic carbocycles. The molecule has 0 heterocycles. The molecule has 0 aromatic rings. The molecule has 0 radical (unpaired) electrons. The van der Waals surface area contributed by atoms with Gasteiger partial charge in [-0.1, -0.05) is 0 Å². The molecule has 0 fully saturated rings. The van der Waals surface area contributed by atoms with E-state index in [1.54, 1.807) is 13.8 Å². The van der Waals surface area contributed by atoms with Crippen LogP contribution in [0.2, 0.25) is 0 Å². The number of rotatable bonds is 6. The highest BCUT2D eigenvalue weighted by Crippen LogP contribution is 2.00. The van der Waals surface area contributed by atoms with Crippen molar-refractivity contribution >= 4 is 5.97 Å². The highest BCUT2D eigenvalue weighted by molar-refractivity contribution is 5.70. The zero-order chi connectivity index (χ0) is 11.1. The van der Waals surface area contributed by atoms with Crippen LogP contribution >= 0.6 is 0 Å². The molecule has 0 unspecified atom stereocenters. The summed E-state index contributed by atoms with van der Waals surface area (Å²) >= 11 is 0. The van der Waals surface area contributed by atoms with Gasteiger partial charge >= 0.3 is 5.97 Å². The van der Waals surface area contributed by atoms with Gasteiger partial charge in [-0.2, -0.15) is 0 Å². The molecule has 14 heavy (non-hydrogen) atoms. The third-order valence-corrected chi connectivity index (χ3v) is 1.75. The second-order valence-electron chi connectivity index (χ2n) is 4.14. The van der Waals surface area contributed by atoms with Crippen molar-refractivity contribution in [2.75, 3.05) is 20.6 Å². The summed E-state index contributed by atoms with van der Waals surface area (Å²) in [7, 11) is 4.03. The average Bonchev–Trinajstić information content (AvgIpc) is 1.98. The Labute approximate surface area is 85.9 Å². The lowest BCUT2D eigenvalue weighted by molar-refractivity contribution is -0.858. The van der Waals surface area contributed by atoms with E-state index in [-0.39, 0.29) is 18.5 Å². The lowest BCUT2D eigenvalue weighted by Crippen LogP contribution is -3.05. The molecule has 2 N–H and O–H groups in total. The van der Waals surface area contributed by atoms with E-state index in [9.17, 15) is 9.90 Å². The van der Waals surface area contributed by atoms with E-state index >= 15 is 0 Å². The largest absolute Gasteiger partial charge is 0.463 e. The van der Waals surface area contributed by atoms with Gasteiger partial charge in [0.15, 0.2) is 0 Å². The van der Waals surface area contributed by atoms with Gasteiger partial charge in [-0.05, 0) is 13.8 Å². The zero-order valence-electron chi connectivity index (χ0n) is 9.54. The van der Waals surface area contributed by atoms with Gasteiger partial charge in [0.1, 0.15) is 0 Å². The highest BCUT2D eigenvalue weighted by Gasteiger charge is 2.13. The quantitative estimate of drug-likeness (QED) is 0.558. The van der Waals surface area contributed by atoms with Crippen molar-refractivity contribution in [3.05, 3.63) is 0 Å². The molecule has 0 spiro atoms. The fraction of sp³-hybridized carbons (Fsp3) is 0.900. The molecule has 0 rings (SSSR count). The molecule has 0 aromatic heterocycles. The normalized spacial score (nSPS) is 13.4. The molecule has 1 atom stereocenters. The summed E-state index contributed by atoms with van der Waals surface area (Å²) in [6.07, 6.45) is 0.0615. The lowest BCUT2D eigenvalue weighted by atomic mass is 10.2. The standard InChI is InChI=1S/C10H21NO3/c1-8(2)14-10(13)7-9(12)5-6-11(3)4/h8-9,12H,5-7H2,1-4H3/p+1/t9-/m0/s1. The van der Waals surface area contributed by atoms with Gasteiger partial charge < -0.3 is 14.7 Å². The maximum atomic E-state index is 11.1. The highest BCUT2D eigenvalue weighted by atomic mass is 16.5. The minimum atomic E-state index is -0.573. The maximum absolute atomic E-state index is 11.1. The van der Waals surface area contributed by atoms with Crippen LogP contribution in [-0.2, 0) is 9.53 Å². The Balaban J connectivity index is 3.60. The van der Waals surface area contributed by atoms with Crippen LogP contribution in [0.25, 0.3) is 0 Å². The fourth-order valence-electron chi connectivity index (χ4n) is 1.06. The molecule has 4 heteroatoms. The molecule has 0 aromatic carbocycles. The first-order valence-corrected chi connectivity index (χ1v) is 5.08. The Kier molecular flexibility index (Phi) is 6.49. The summed E-state index contributed by atoms with van der Waals surface area (Å²) in [4.78, 5) is 12.4. The van der Waals surface area contributed by atoms with Crippen LogP contribution in [0.1, 0.15) is 26.7 Å². The van der Waals surface area contributed by atoms with E-state index in [1.165, 1.54) is 4.90 Å². The first kappa shape index (κ1) is 13.4. The third-order valence-electron chi connectivity index (χ3n) is 1.75. The van der Waals surface area contributed by atoms with Crippen LogP contribution < -0.4 is 4.90 Å². The summed E-state index contributed by atoms with van der Waals surface area (Å²) in [6.45, 7) is 4.46. The Hall–Kier alpha value is -0.610. The molecule has 0 aliphatic heterocycles. The Bertz CT molecular complexity index is 169. The monoisotopic (exact) mass is 204 g/mol. The number of aliphatic hydroxyl groups is 1. The number of ether oxygens (including phenoxy) is 1. The van der Waals surface area contributed by atoms with Crippen LogP contribution in [0.15, 0.2) is 0 Å². The zero-order valence-corrected chi connectivity index (χ0v) is 9.54. The van der Waals surface area contributed by atoms with Crippen molar-refractivity contribution in [3.8, 4) is 0 Å². The van der Waals surface area contributed by atoms with Gasteiger partial charge in [0.2, 0.25) is 0 Å². The third kappa shape index (κ3) is 8.01. The van der Waals surface area contributed by atoms with Crippen molar-refractivity contribution in [1.29, 1.82) is 0 Å². The number of aliphatic hydroxyl groups excluding tert-OH is 1. The Morgan fingerprint density at radius 2 is 2.00 bits per heavy atom. The summed E-state index contributed by atoms with van der Waals surface area (Å²) in [5.74, 6) is -0.318. The van der Waals surface area contributed by atoms with E-state index in [2.05, 4.69) is 0 Å². The molecule has 0 amide bonds. The van der Waals surface area contributed by atoms with Gasteiger partial charge in [-0.3, -0.25) is 4.79 Å². The Morgan fingerprint density at radius 3 is 2.43 bits per heavy atom. The van der Waals surface area contributed by atoms with Crippen LogP contribution in [0.4, 0.5) is 0 Å². The molecule has 0 bridgehead atoms. The first-order valence-electron chi connectivity index (χ1n) is 5.08. The van der Waals surface area contributed by atoms with Crippen molar-refractivity contribution in [2.24, 2.45) is 0 Å². The molecule has 84 valence electrons. The SMILES string of the molecule is CC(C)OC(=O)C[C@@H](O)CC[NH+](C)C. The van der Waals surface area contributed by atoms with Gasteiger partial charge in [0, 0.05) is 6.42 Å². The second-order valence-corrected chi connectivity index (χ2v) is 4.14. The van der Waals surface area contributed by atoms with Crippen LogP contribution in [0.5, 0.6) is 0 Å². The molecular weight excluding hydrogens is 182 g/mol. The van der Waals surface area contributed by atoms with Gasteiger partial charge in [0.25, 0.3) is 0 Å². The van der Waals surface area contributed by atoms with Crippen molar-refractivity contribution < 1.29 is 19.5 Å². The van der Waals surface area contributed by atoms with Gasteiger partial charge in [0.05, 0.1) is 39.3 Å². The number of nitrogens with one attached hydrogen (secondary N) is 1. The summed E-state index contributed by atoms with van der Waals surface area (Å²) in [6, 6.07) is 0. The minimum absolute atomic E-state index is 0.103. The smallest absolute Gasteiger partial charge is 0.308 e. The fourth-order valence-corrected chi connectivity index (χ4v) is 1.06. The van der Waals surface area contributed by atoms with Gasteiger partial charge in [-0.25, -0.2) is 0 Å². The van der Waals surface area contributed by atoms with Crippen LogP contribution in [0.3, 0.4) is 0 Å². The lowest BCUT2D eigenvalue weighted by Gasteiger charge is -2.13. The van der Waals surface area contributed by atoms with E-state index in [1.807, 2.05) is 14.1 Å². The molecular formula is C10H22NO3+. The van der Waals surface area contributed by atoms with E-state index in [0.717, 1.165) is 6.54 Å². The Morgan fingerprint density at radius 1 is 1.43 bits per heavy atom. The number of carbonyl (C=O) groups excluding carboxylic acids is 1. The number of carbonyl (C=O) groups is 1. The molecule has 4 nitrogen and oxygen atoms in total. The minimum Gasteiger partial charge on any atom is -0.463 e. The molecule has 0 saturated heterocycles. The number of esters is 1. The number of hydrogen-bond donors (Lipinski definition) is 2. The summed E-state index contributed by atoms with van der Waals surface area (Å²) < 4.78 is 4.92. The van der Waals surface area contributed by atoms with E-state index in [4.69, 9.17) is 4.74 Å². The number of quaternary nitrogens is 1.